The average Bonchev–Trinajstić information content (AvgIpc) is 3.11. The molecule has 8 heteroatoms. The molecule has 0 fully saturated rings. The molecule has 0 heterocycles. The van der Waals surface area contributed by atoms with Gasteiger partial charge in [-0.3, -0.25) is 10.1 Å². The van der Waals surface area contributed by atoms with Crippen LogP contribution < -0.4 is 5.32 Å². The second-order valence-electron chi connectivity index (χ2n) is 8.18. The zero-order chi connectivity index (χ0) is 23.6. The molecule has 2 N–H and O–H groups in total. The summed E-state index contributed by atoms with van der Waals surface area (Å²) in [6, 6.07) is 18.9. The first-order chi connectivity index (χ1) is 15.8. The van der Waals surface area contributed by atoms with Crippen molar-refractivity contribution in [2.75, 3.05) is 13.2 Å². The van der Waals surface area contributed by atoms with Gasteiger partial charge in [0.15, 0.2) is 0 Å². The minimum atomic E-state index is -1.41. The van der Waals surface area contributed by atoms with E-state index in [4.69, 9.17) is 4.74 Å². The normalized spacial score (nSPS) is 14.2. The average molecular weight is 450 g/mol. The second kappa shape index (κ2) is 8.99. The second-order valence-corrected chi connectivity index (χ2v) is 8.18. The number of aliphatic hydroxyl groups is 1. The van der Waals surface area contributed by atoms with Crippen LogP contribution in [0.2, 0.25) is 0 Å². The van der Waals surface area contributed by atoms with Crippen LogP contribution in [-0.2, 0) is 10.3 Å². The number of fused-ring (bicyclic) bond motifs is 3. The third-order valence-electron chi connectivity index (χ3n) is 6.09. The van der Waals surface area contributed by atoms with Crippen molar-refractivity contribution in [3.63, 3.8) is 0 Å². The van der Waals surface area contributed by atoms with Gasteiger partial charge in [-0.25, -0.2) is 9.18 Å². The number of carbonyl (C=O) groups is 1. The highest BCUT2D eigenvalue weighted by molar-refractivity contribution is 5.79. The van der Waals surface area contributed by atoms with Crippen LogP contribution in [0, 0.1) is 15.9 Å². The lowest BCUT2D eigenvalue weighted by molar-refractivity contribution is -0.385. The maximum absolute atomic E-state index is 14.6. The fraction of sp³-hybridized carbons (Fsp3) is 0.240. The van der Waals surface area contributed by atoms with Crippen LogP contribution in [0.4, 0.5) is 14.9 Å². The predicted octanol–water partition coefficient (Wildman–Crippen LogP) is 4.87. The number of halogens is 1. The Balaban J connectivity index is 1.54. The Morgan fingerprint density at radius 1 is 1.12 bits per heavy atom. The van der Waals surface area contributed by atoms with Crippen LogP contribution in [0.1, 0.15) is 36.0 Å². The molecule has 1 aliphatic carbocycles. The molecule has 3 aromatic rings. The number of nitrogens with zero attached hydrogens (tertiary/aromatic N) is 1. The number of ether oxygens (including phenoxy) is 1. The topological polar surface area (TPSA) is 102 Å². The molecule has 3 aromatic carbocycles. The summed E-state index contributed by atoms with van der Waals surface area (Å²) in [5.74, 6) is -0.878. The molecule has 0 saturated heterocycles. The molecule has 1 amide bonds. The van der Waals surface area contributed by atoms with Gasteiger partial charge in [0.2, 0.25) is 0 Å². The minimum Gasteiger partial charge on any atom is -0.449 e. The SMILES string of the molecule is C[C@@](CCO)(NC(=O)OCC1c2ccccc2-c2ccccc21)c1cc([N+](=O)[O-])ccc1F. The number of benzene rings is 3. The van der Waals surface area contributed by atoms with E-state index in [-0.39, 0.29) is 36.8 Å². The van der Waals surface area contributed by atoms with Crippen molar-refractivity contribution in [3.05, 3.63) is 99.4 Å². The Labute approximate surface area is 190 Å². The van der Waals surface area contributed by atoms with Crippen molar-refractivity contribution in [3.8, 4) is 11.1 Å². The molecule has 33 heavy (non-hydrogen) atoms. The monoisotopic (exact) mass is 450 g/mol. The van der Waals surface area contributed by atoms with Crippen LogP contribution in [0.5, 0.6) is 0 Å². The Bertz CT molecular complexity index is 1170. The molecule has 4 rings (SSSR count). The molecule has 0 radical (unpaired) electrons. The van der Waals surface area contributed by atoms with Gasteiger partial charge in [-0.15, -0.1) is 0 Å². The van der Waals surface area contributed by atoms with Crippen molar-refractivity contribution in [1.82, 2.24) is 5.32 Å². The van der Waals surface area contributed by atoms with Crippen molar-refractivity contribution < 1.29 is 24.0 Å². The maximum atomic E-state index is 14.6. The number of nitrogens with one attached hydrogen (secondary N) is 1. The largest absolute Gasteiger partial charge is 0.449 e. The molecule has 1 atom stereocenters. The number of nitro benzene ring substituents is 1. The zero-order valence-electron chi connectivity index (χ0n) is 18.0. The molecular weight excluding hydrogens is 427 g/mol. The molecule has 0 bridgehead atoms. The maximum Gasteiger partial charge on any atom is 0.407 e. The fourth-order valence-electron chi connectivity index (χ4n) is 4.40. The van der Waals surface area contributed by atoms with Gasteiger partial charge in [-0.2, -0.15) is 0 Å². The Morgan fingerprint density at radius 3 is 2.30 bits per heavy atom. The van der Waals surface area contributed by atoms with E-state index in [1.165, 1.54) is 6.92 Å². The number of amides is 1. The first-order valence-electron chi connectivity index (χ1n) is 10.5. The third kappa shape index (κ3) is 4.29. The van der Waals surface area contributed by atoms with Crippen molar-refractivity contribution in [2.24, 2.45) is 0 Å². The van der Waals surface area contributed by atoms with Crippen LogP contribution >= 0.6 is 0 Å². The summed E-state index contributed by atoms with van der Waals surface area (Å²) >= 11 is 0. The summed E-state index contributed by atoms with van der Waals surface area (Å²) in [7, 11) is 0. The van der Waals surface area contributed by atoms with E-state index in [0.717, 1.165) is 40.5 Å². The number of alkyl carbamates (subject to hydrolysis) is 1. The number of aliphatic hydroxyl groups excluding tert-OH is 1. The number of hydrogen-bond donors (Lipinski definition) is 2. The summed E-state index contributed by atoms with van der Waals surface area (Å²) in [4.78, 5) is 23.2. The molecule has 0 saturated carbocycles. The molecular formula is C25H23FN2O5. The van der Waals surface area contributed by atoms with Gasteiger partial charge in [0.1, 0.15) is 12.4 Å². The first-order valence-corrected chi connectivity index (χ1v) is 10.5. The van der Waals surface area contributed by atoms with Gasteiger partial charge in [0, 0.05) is 30.2 Å². The van der Waals surface area contributed by atoms with Gasteiger partial charge in [0.05, 0.1) is 10.5 Å². The summed E-state index contributed by atoms with van der Waals surface area (Å²) in [6.07, 6.45) is -0.867. The highest BCUT2D eigenvalue weighted by atomic mass is 19.1. The Morgan fingerprint density at radius 2 is 1.73 bits per heavy atom. The van der Waals surface area contributed by atoms with E-state index in [0.29, 0.717) is 0 Å². The van der Waals surface area contributed by atoms with E-state index in [1.54, 1.807) is 0 Å². The molecule has 0 aliphatic heterocycles. The highest BCUT2D eigenvalue weighted by Gasteiger charge is 2.34. The van der Waals surface area contributed by atoms with Crippen molar-refractivity contribution in [2.45, 2.75) is 24.8 Å². The zero-order valence-corrected chi connectivity index (χ0v) is 18.0. The summed E-state index contributed by atoms with van der Waals surface area (Å²) < 4.78 is 20.1. The third-order valence-corrected chi connectivity index (χ3v) is 6.09. The smallest absolute Gasteiger partial charge is 0.407 e. The van der Waals surface area contributed by atoms with Crippen LogP contribution in [0.25, 0.3) is 11.1 Å². The van der Waals surface area contributed by atoms with E-state index >= 15 is 0 Å². The summed E-state index contributed by atoms with van der Waals surface area (Å²) in [5.41, 5.74) is 2.46. The van der Waals surface area contributed by atoms with Gasteiger partial charge in [-0.1, -0.05) is 48.5 Å². The highest BCUT2D eigenvalue weighted by Crippen LogP contribution is 2.44. The Kier molecular flexibility index (Phi) is 6.11. The lowest BCUT2D eigenvalue weighted by Crippen LogP contribution is -2.45. The molecule has 0 aromatic heterocycles. The van der Waals surface area contributed by atoms with E-state index in [9.17, 15) is 24.4 Å². The summed E-state index contributed by atoms with van der Waals surface area (Å²) in [6.45, 7) is 1.18. The predicted molar refractivity (Wildman–Crippen MR) is 120 cm³/mol. The van der Waals surface area contributed by atoms with E-state index < -0.39 is 22.4 Å². The van der Waals surface area contributed by atoms with Crippen molar-refractivity contribution >= 4 is 11.8 Å². The number of rotatable bonds is 7. The number of non-ortho nitro benzene ring substituents is 1. The van der Waals surface area contributed by atoms with Gasteiger partial charge in [-0.05, 0) is 41.7 Å². The number of hydrogen-bond acceptors (Lipinski definition) is 5. The minimum absolute atomic E-state index is 0.0602. The molecule has 0 unspecified atom stereocenters. The van der Waals surface area contributed by atoms with Crippen LogP contribution in [0.15, 0.2) is 66.7 Å². The van der Waals surface area contributed by atoms with Gasteiger partial charge in [0.25, 0.3) is 5.69 Å². The lowest BCUT2D eigenvalue weighted by Gasteiger charge is -2.31. The molecule has 1 aliphatic rings. The molecule has 7 nitrogen and oxygen atoms in total. The number of nitro groups is 1. The van der Waals surface area contributed by atoms with E-state index in [1.807, 2.05) is 48.5 Å². The quantitative estimate of drug-likeness (QED) is 0.395. The first kappa shape index (κ1) is 22.4. The van der Waals surface area contributed by atoms with Gasteiger partial charge >= 0.3 is 6.09 Å². The number of carbonyl (C=O) groups excluding carboxylic acids is 1. The molecule has 170 valence electrons. The van der Waals surface area contributed by atoms with Crippen LogP contribution in [-0.4, -0.2) is 29.3 Å². The standard InChI is InChI=1S/C25H23FN2O5/c1-25(12-13-29,22-14-16(28(31)32)10-11-23(22)26)27-24(30)33-15-21-19-8-4-2-6-17(19)18-7-3-5-9-20(18)21/h2-11,14,21,29H,12-13,15H2,1H3,(H,27,30)/t25-/m0/s1. The van der Waals surface area contributed by atoms with Crippen molar-refractivity contribution in [1.29, 1.82) is 0 Å². The molecule has 0 spiro atoms. The lowest BCUT2D eigenvalue weighted by atomic mass is 9.88. The van der Waals surface area contributed by atoms with Gasteiger partial charge < -0.3 is 15.2 Å². The van der Waals surface area contributed by atoms with E-state index in [2.05, 4.69) is 5.32 Å². The Hall–Kier alpha value is -3.78. The fourth-order valence-corrected chi connectivity index (χ4v) is 4.40. The van der Waals surface area contributed by atoms with Crippen LogP contribution in [0.3, 0.4) is 0 Å². The summed E-state index contributed by atoms with van der Waals surface area (Å²) in [5, 5.41) is 23.3.